The summed E-state index contributed by atoms with van der Waals surface area (Å²) in [7, 11) is 0. The van der Waals surface area contributed by atoms with Gasteiger partial charge in [0.25, 0.3) is 5.91 Å². The van der Waals surface area contributed by atoms with Crippen molar-refractivity contribution in [2.45, 2.75) is 53.2 Å². The molecule has 1 aromatic heterocycles. The molecular formula is C18H24N2O3. The molecule has 1 aromatic carbocycles. The van der Waals surface area contributed by atoms with E-state index < -0.39 is 0 Å². The van der Waals surface area contributed by atoms with Crippen LogP contribution in [0.4, 0.5) is 0 Å². The van der Waals surface area contributed by atoms with Crippen molar-refractivity contribution in [3.8, 4) is 5.75 Å². The molecule has 2 rings (SSSR count). The van der Waals surface area contributed by atoms with Gasteiger partial charge in [0.2, 0.25) is 0 Å². The van der Waals surface area contributed by atoms with Crippen LogP contribution in [0.5, 0.6) is 5.75 Å². The van der Waals surface area contributed by atoms with Crippen LogP contribution >= 0.6 is 0 Å². The summed E-state index contributed by atoms with van der Waals surface area (Å²) in [5.41, 5.74) is 2.20. The molecule has 1 N–H and O–H groups in total. The Kier molecular flexibility index (Phi) is 5.08. The summed E-state index contributed by atoms with van der Waals surface area (Å²) < 4.78 is 10.8. The van der Waals surface area contributed by atoms with Gasteiger partial charge in [0.05, 0.1) is 11.3 Å². The predicted octanol–water partition coefficient (Wildman–Crippen LogP) is 3.79. The molecule has 0 bridgehead atoms. The number of nitrogens with zero attached hydrogens (tertiary/aromatic N) is 1. The highest BCUT2D eigenvalue weighted by Crippen LogP contribution is 2.18. The SMILES string of the molecule is CCC(C)(C)NC(=O)c1ccc(OCc2c(C)noc2C)cc1. The molecule has 0 aliphatic carbocycles. The highest BCUT2D eigenvalue weighted by molar-refractivity contribution is 5.94. The van der Waals surface area contributed by atoms with E-state index in [1.54, 1.807) is 24.3 Å². The number of carbonyl (C=O) groups excluding carboxylic acids is 1. The van der Waals surface area contributed by atoms with E-state index in [2.05, 4.69) is 10.5 Å². The van der Waals surface area contributed by atoms with Crippen LogP contribution < -0.4 is 10.1 Å². The lowest BCUT2D eigenvalue weighted by Gasteiger charge is -2.24. The summed E-state index contributed by atoms with van der Waals surface area (Å²) in [4.78, 5) is 12.2. The Balaban J connectivity index is 1.98. The molecular weight excluding hydrogens is 292 g/mol. The zero-order chi connectivity index (χ0) is 17.0. The summed E-state index contributed by atoms with van der Waals surface area (Å²) in [6.07, 6.45) is 0.872. The fraction of sp³-hybridized carbons (Fsp3) is 0.444. The maximum absolute atomic E-state index is 12.2. The summed E-state index contributed by atoms with van der Waals surface area (Å²) in [5.74, 6) is 1.39. The van der Waals surface area contributed by atoms with Crippen molar-refractivity contribution in [1.29, 1.82) is 0 Å². The maximum Gasteiger partial charge on any atom is 0.251 e. The van der Waals surface area contributed by atoms with E-state index in [1.165, 1.54) is 0 Å². The van der Waals surface area contributed by atoms with Gasteiger partial charge in [0.1, 0.15) is 18.1 Å². The number of carbonyl (C=O) groups is 1. The fourth-order valence-electron chi connectivity index (χ4n) is 2.03. The van der Waals surface area contributed by atoms with Gasteiger partial charge in [-0.25, -0.2) is 0 Å². The third-order valence-electron chi connectivity index (χ3n) is 4.02. The number of benzene rings is 1. The number of nitrogens with one attached hydrogen (secondary N) is 1. The third kappa shape index (κ3) is 4.34. The number of aryl methyl sites for hydroxylation is 2. The Bertz CT molecular complexity index is 653. The van der Waals surface area contributed by atoms with Gasteiger partial charge in [-0.1, -0.05) is 12.1 Å². The standard InChI is InChI=1S/C18H24N2O3/c1-6-18(4,5)19-17(21)14-7-9-15(10-8-14)22-11-16-12(2)20-23-13(16)3/h7-10H,6,11H2,1-5H3,(H,19,21). The normalized spacial score (nSPS) is 11.3. The Labute approximate surface area is 137 Å². The minimum absolute atomic E-state index is 0.0749. The Morgan fingerprint density at radius 3 is 2.43 bits per heavy atom. The molecule has 1 heterocycles. The summed E-state index contributed by atoms with van der Waals surface area (Å²) in [6, 6.07) is 7.13. The number of amides is 1. The van der Waals surface area contributed by atoms with Crippen LogP contribution in [0.3, 0.4) is 0 Å². The molecule has 1 amide bonds. The number of hydrogen-bond donors (Lipinski definition) is 1. The van der Waals surface area contributed by atoms with Crippen LogP contribution in [0, 0.1) is 13.8 Å². The third-order valence-corrected chi connectivity index (χ3v) is 4.02. The first-order valence-corrected chi connectivity index (χ1v) is 7.79. The summed E-state index contributed by atoms with van der Waals surface area (Å²) in [6.45, 7) is 10.2. The highest BCUT2D eigenvalue weighted by Gasteiger charge is 2.18. The van der Waals surface area contributed by atoms with Crippen LogP contribution in [-0.4, -0.2) is 16.6 Å². The lowest BCUT2D eigenvalue weighted by molar-refractivity contribution is 0.0911. The van der Waals surface area contributed by atoms with Crippen molar-refractivity contribution >= 4 is 5.91 Å². The van der Waals surface area contributed by atoms with Gasteiger partial charge >= 0.3 is 0 Å². The van der Waals surface area contributed by atoms with Gasteiger partial charge in [-0.15, -0.1) is 0 Å². The van der Waals surface area contributed by atoms with E-state index in [4.69, 9.17) is 9.26 Å². The second kappa shape index (κ2) is 6.86. The van der Waals surface area contributed by atoms with Crippen molar-refractivity contribution < 1.29 is 14.1 Å². The van der Waals surface area contributed by atoms with Crippen LogP contribution in [0.15, 0.2) is 28.8 Å². The van der Waals surface area contributed by atoms with E-state index in [0.717, 1.165) is 23.4 Å². The molecule has 124 valence electrons. The van der Waals surface area contributed by atoms with E-state index in [0.29, 0.717) is 17.9 Å². The van der Waals surface area contributed by atoms with Gasteiger partial charge in [0.15, 0.2) is 0 Å². The average Bonchev–Trinajstić information content (AvgIpc) is 2.84. The van der Waals surface area contributed by atoms with Gasteiger partial charge in [-0.3, -0.25) is 4.79 Å². The fourth-order valence-corrected chi connectivity index (χ4v) is 2.03. The van der Waals surface area contributed by atoms with Gasteiger partial charge in [0, 0.05) is 11.1 Å². The largest absolute Gasteiger partial charge is 0.489 e. The predicted molar refractivity (Wildman–Crippen MR) is 88.6 cm³/mol. The molecule has 0 saturated carbocycles. The molecule has 23 heavy (non-hydrogen) atoms. The summed E-state index contributed by atoms with van der Waals surface area (Å²) >= 11 is 0. The molecule has 0 atom stereocenters. The first kappa shape index (κ1) is 17.1. The quantitative estimate of drug-likeness (QED) is 0.880. The van der Waals surface area contributed by atoms with Crippen molar-refractivity contribution in [3.05, 3.63) is 46.8 Å². The van der Waals surface area contributed by atoms with Gasteiger partial charge in [-0.2, -0.15) is 0 Å². The molecule has 0 aliphatic rings. The highest BCUT2D eigenvalue weighted by atomic mass is 16.5. The molecule has 2 aromatic rings. The van der Waals surface area contributed by atoms with E-state index in [1.807, 2.05) is 34.6 Å². The lowest BCUT2D eigenvalue weighted by Crippen LogP contribution is -2.42. The molecule has 0 spiro atoms. The molecule has 0 radical (unpaired) electrons. The first-order valence-electron chi connectivity index (χ1n) is 7.79. The number of rotatable bonds is 6. The minimum atomic E-state index is -0.213. The second-order valence-electron chi connectivity index (χ2n) is 6.31. The number of hydrogen-bond acceptors (Lipinski definition) is 4. The van der Waals surface area contributed by atoms with Crippen molar-refractivity contribution in [3.63, 3.8) is 0 Å². The monoisotopic (exact) mass is 316 g/mol. The molecule has 0 fully saturated rings. The summed E-state index contributed by atoms with van der Waals surface area (Å²) in [5, 5.41) is 6.91. The van der Waals surface area contributed by atoms with Crippen molar-refractivity contribution in [2.75, 3.05) is 0 Å². The molecule has 5 heteroatoms. The average molecular weight is 316 g/mol. The zero-order valence-electron chi connectivity index (χ0n) is 14.4. The van der Waals surface area contributed by atoms with Crippen LogP contribution in [0.1, 0.15) is 54.6 Å². The minimum Gasteiger partial charge on any atom is -0.489 e. The van der Waals surface area contributed by atoms with Gasteiger partial charge < -0.3 is 14.6 Å². The zero-order valence-corrected chi connectivity index (χ0v) is 14.4. The Morgan fingerprint density at radius 2 is 1.91 bits per heavy atom. The van der Waals surface area contributed by atoms with Crippen LogP contribution in [0.2, 0.25) is 0 Å². The van der Waals surface area contributed by atoms with Crippen LogP contribution in [0.25, 0.3) is 0 Å². The van der Waals surface area contributed by atoms with E-state index in [9.17, 15) is 4.79 Å². The maximum atomic E-state index is 12.2. The Morgan fingerprint density at radius 1 is 1.26 bits per heavy atom. The number of aromatic nitrogens is 1. The van der Waals surface area contributed by atoms with Crippen molar-refractivity contribution in [2.24, 2.45) is 0 Å². The Hall–Kier alpha value is -2.30. The van der Waals surface area contributed by atoms with E-state index in [-0.39, 0.29) is 11.4 Å². The smallest absolute Gasteiger partial charge is 0.251 e. The molecule has 0 saturated heterocycles. The molecule has 0 aliphatic heterocycles. The van der Waals surface area contributed by atoms with E-state index >= 15 is 0 Å². The first-order chi connectivity index (χ1) is 10.8. The van der Waals surface area contributed by atoms with Crippen molar-refractivity contribution in [1.82, 2.24) is 10.5 Å². The molecule has 5 nitrogen and oxygen atoms in total. The topological polar surface area (TPSA) is 64.4 Å². The second-order valence-corrected chi connectivity index (χ2v) is 6.31. The molecule has 0 unspecified atom stereocenters. The number of ether oxygens (including phenoxy) is 1. The van der Waals surface area contributed by atoms with Crippen LogP contribution in [-0.2, 0) is 6.61 Å². The van der Waals surface area contributed by atoms with Gasteiger partial charge in [-0.05, 0) is 58.4 Å². The lowest BCUT2D eigenvalue weighted by atomic mass is 10.0.